The number of rotatable bonds is 16. The molecular weight excluding hydrogens is 515 g/mol. The van der Waals surface area contributed by atoms with E-state index in [1.807, 2.05) is 13.0 Å². The molecule has 1 saturated carbocycles. The summed E-state index contributed by atoms with van der Waals surface area (Å²) in [5.74, 6) is -0.482. The Kier molecular flexibility index (Phi) is 11.4. The molecule has 1 aromatic rings. The molecule has 3 atom stereocenters. The average Bonchev–Trinajstić information content (AvgIpc) is 3.63. The summed E-state index contributed by atoms with van der Waals surface area (Å²) in [7, 11) is -4.44. The van der Waals surface area contributed by atoms with Crippen LogP contribution in [-0.2, 0) is 24.8 Å². The van der Waals surface area contributed by atoms with E-state index in [-0.39, 0.29) is 42.8 Å². The van der Waals surface area contributed by atoms with Crippen LogP contribution in [0.1, 0.15) is 115 Å². The van der Waals surface area contributed by atoms with Gasteiger partial charge in [-0.1, -0.05) is 69.8 Å². The van der Waals surface area contributed by atoms with Crippen molar-refractivity contribution < 1.29 is 33.1 Å². The van der Waals surface area contributed by atoms with Crippen LogP contribution in [0, 0.1) is 5.92 Å². The monoisotopic (exact) mass is 562 g/mol. The summed E-state index contributed by atoms with van der Waals surface area (Å²) >= 11 is 0. The van der Waals surface area contributed by atoms with Gasteiger partial charge in [0.15, 0.2) is 5.60 Å². The number of phosphoric ester groups is 1. The number of ether oxygens (including phenoxy) is 1. The number of aryl methyl sites for hydroxylation is 1. The molecule has 0 heterocycles. The number of unbranched alkanes of at least 4 members (excludes halogenated alkanes) is 5. The molecule has 0 saturated heterocycles. The second-order valence-electron chi connectivity index (χ2n) is 11.4. The third-order valence-corrected chi connectivity index (χ3v) is 8.87. The molecule has 3 rings (SSSR count). The van der Waals surface area contributed by atoms with Crippen molar-refractivity contribution in [2.45, 2.75) is 116 Å². The minimum absolute atomic E-state index is 0.0861. The summed E-state index contributed by atoms with van der Waals surface area (Å²) in [4.78, 5) is 23.7. The quantitative estimate of drug-likeness (QED) is 0.0687. The molecule has 2 aliphatic carbocycles. The lowest BCUT2D eigenvalue weighted by molar-refractivity contribution is -0.145. The SMILES string of the molecule is C=C(C)[C@@H]1CCC(C)=C[C@H]1c1c(O)cc(CCCCC)cc1OC(=O)C1(OP(=O)(O)OCCCCCC)CC1. The normalized spacial score (nSPS) is 21.6. The molecule has 2 aliphatic rings. The Morgan fingerprint density at radius 2 is 1.82 bits per heavy atom. The van der Waals surface area contributed by atoms with Gasteiger partial charge in [0.25, 0.3) is 0 Å². The average molecular weight is 563 g/mol. The molecule has 0 spiro atoms. The summed E-state index contributed by atoms with van der Waals surface area (Å²) < 4.78 is 29.1. The fourth-order valence-electron chi connectivity index (χ4n) is 5.31. The third kappa shape index (κ3) is 8.78. The van der Waals surface area contributed by atoms with Crippen LogP contribution in [-0.4, -0.2) is 28.2 Å². The standard InChI is InChI=1S/C31H47O7P/c1-6-8-10-12-18-36-39(34,35)38-31(16-17-31)30(33)37-28-21-24(13-11-9-7-2)20-27(32)29(28)26-19-23(5)14-15-25(26)22(3)4/h19-21,25-26,32H,3,6-18H2,1-2,4-5H3,(H,34,35)/t25-,26+/m0/s1. The van der Waals surface area contributed by atoms with Crippen LogP contribution < -0.4 is 4.74 Å². The van der Waals surface area contributed by atoms with Gasteiger partial charge in [0.05, 0.1) is 6.61 Å². The number of phenols is 1. The fourth-order valence-corrected chi connectivity index (χ4v) is 6.42. The molecule has 8 heteroatoms. The first-order valence-corrected chi connectivity index (χ1v) is 16.1. The first kappa shape index (κ1) is 31.6. The van der Waals surface area contributed by atoms with Gasteiger partial charge in [0, 0.05) is 11.5 Å². The topological polar surface area (TPSA) is 102 Å². The van der Waals surface area contributed by atoms with E-state index in [0.717, 1.165) is 68.9 Å². The van der Waals surface area contributed by atoms with Crippen molar-refractivity contribution in [3.8, 4) is 11.5 Å². The van der Waals surface area contributed by atoms with E-state index >= 15 is 0 Å². The third-order valence-electron chi connectivity index (χ3n) is 7.78. The molecule has 0 bridgehead atoms. The Bertz CT molecular complexity index is 1090. The number of hydrogen-bond donors (Lipinski definition) is 2. The van der Waals surface area contributed by atoms with E-state index in [9.17, 15) is 19.4 Å². The Morgan fingerprint density at radius 1 is 1.13 bits per heavy atom. The van der Waals surface area contributed by atoms with Gasteiger partial charge >= 0.3 is 13.8 Å². The highest BCUT2D eigenvalue weighted by Gasteiger charge is 2.58. The van der Waals surface area contributed by atoms with Crippen LogP contribution in [0.25, 0.3) is 0 Å². The summed E-state index contributed by atoms with van der Waals surface area (Å²) in [6.45, 7) is 12.5. The zero-order valence-electron chi connectivity index (χ0n) is 24.2. The molecule has 2 N–H and O–H groups in total. The van der Waals surface area contributed by atoms with Crippen molar-refractivity contribution in [2.75, 3.05) is 6.61 Å². The van der Waals surface area contributed by atoms with Crippen LogP contribution in [0.4, 0.5) is 0 Å². The number of carbonyl (C=O) groups is 1. The molecule has 0 radical (unpaired) electrons. The van der Waals surface area contributed by atoms with Gasteiger partial charge in [-0.15, -0.1) is 0 Å². The van der Waals surface area contributed by atoms with E-state index in [1.54, 1.807) is 6.07 Å². The predicted molar refractivity (Wildman–Crippen MR) is 154 cm³/mol. The largest absolute Gasteiger partial charge is 0.507 e. The number of phosphoric acid groups is 1. The summed E-state index contributed by atoms with van der Waals surface area (Å²) in [6, 6.07) is 3.60. The molecule has 0 amide bonds. The molecular formula is C31H47O7P. The van der Waals surface area contributed by atoms with E-state index in [1.165, 1.54) is 5.57 Å². The molecule has 1 aromatic carbocycles. The maximum Gasteiger partial charge on any atom is 0.473 e. The number of allylic oxidation sites excluding steroid dienone is 3. The lowest BCUT2D eigenvalue weighted by atomic mass is 9.73. The molecule has 39 heavy (non-hydrogen) atoms. The lowest BCUT2D eigenvalue weighted by Crippen LogP contribution is -2.31. The number of hydrogen-bond acceptors (Lipinski definition) is 6. The van der Waals surface area contributed by atoms with Crippen molar-refractivity contribution in [3.05, 3.63) is 47.1 Å². The van der Waals surface area contributed by atoms with E-state index in [2.05, 4.69) is 33.4 Å². The van der Waals surface area contributed by atoms with Gasteiger partial charge in [-0.25, -0.2) is 9.36 Å². The molecule has 218 valence electrons. The van der Waals surface area contributed by atoms with Crippen LogP contribution in [0.15, 0.2) is 35.9 Å². The Labute approximate surface area is 234 Å². The van der Waals surface area contributed by atoms with Crippen LogP contribution in [0.2, 0.25) is 0 Å². The van der Waals surface area contributed by atoms with Crippen molar-refractivity contribution >= 4 is 13.8 Å². The second-order valence-corrected chi connectivity index (χ2v) is 12.7. The van der Waals surface area contributed by atoms with Crippen LogP contribution >= 0.6 is 7.82 Å². The maximum atomic E-state index is 13.4. The molecule has 0 aromatic heterocycles. The van der Waals surface area contributed by atoms with E-state index in [0.29, 0.717) is 12.0 Å². The zero-order valence-corrected chi connectivity index (χ0v) is 25.1. The van der Waals surface area contributed by atoms with Crippen molar-refractivity contribution in [3.63, 3.8) is 0 Å². The van der Waals surface area contributed by atoms with Gasteiger partial charge in [-0.2, -0.15) is 0 Å². The molecule has 1 unspecified atom stereocenters. The molecule has 0 aliphatic heterocycles. The highest BCUT2D eigenvalue weighted by Crippen LogP contribution is 2.56. The summed E-state index contributed by atoms with van der Waals surface area (Å²) in [5, 5.41) is 11.3. The number of carbonyl (C=O) groups excluding carboxylic acids is 1. The number of benzene rings is 1. The maximum absolute atomic E-state index is 13.4. The van der Waals surface area contributed by atoms with Crippen LogP contribution in [0.5, 0.6) is 11.5 Å². The van der Waals surface area contributed by atoms with E-state index in [4.69, 9.17) is 13.8 Å². The highest BCUT2D eigenvalue weighted by molar-refractivity contribution is 7.47. The minimum Gasteiger partial charge on any atom is -0.507 e. The van der Waals surface area contributed by atoms with Gasteiger partial charge in [-0.05, 0) is 82.4 Å². The smallest absolute Gasteiger partial charge is 0.473 e. The Hall–Kier alpha value is -1.92. The number of phenolic OH excluding ortho intramolecular Hbond substituents is 1. The van der Waals surface area contributed by atoms with Crippen molar-refractivity contribution in [2.24, 2.45) is 5.92 Å². The minimum atomic E-state index is -4.44. The van der Waals surface area contributed by atoms with Gasteiger partial charge in [-0.3, -0.25) is 9.05 Å². The molecule has 1 fully saturated rings. The zero-order chi connectivity index (χ0) is 28.6. The van der Waals surface area contributed by atoms with Crippen molar-refractivity contribution in [1.29, 1.82) is 0 Å². The fraction of sp³-hybridized carbons (Fsp3) is 0.645. The number of aromatic hydroxyl groups is 1. The summed E-state index contributed by atoms with van der Waals surface area (Å²) in [6.07, 6.45) is 11.9. The van der Waals surface area contributed by atoms with E-state index < -0.39 is 19.4 Å². The first-order chi connectivity index (χ1) is 18.5. The van der Waals surface area contributed by atoms with Crippen molar-refractivity contribution in [1.82, 2.24) is 0 Å². The van der Waals surface area contributed by atoms with Gasteiger partial charge in [0.2, 0.25) is 0 Å². The lowest BCUT2D eigenvalue weighted by Gasteiger charge is -2.32. The summed E-state index contributed by atoms with van der Waals surface area (Å²) in [5.41, 5.74) is 2.12. The number of esters is 1. The predicted octanol–water partition coefficient (Wildman–Crippen LogP) is 8.29. The van der Waals surface area contributed by atoms with Gasteiger partial charge < -0.3 is 14.7 Å². The Balaban J connectivity index is 1.86. The van der Waals surface area contributed by atoms with Gasteiger partial charge in [0.1, 0.15) is 11.5 Å². The van der Waals surface area contributed by atoms with Crippen LogP contribution in [0.3, 0.4) is 0 Å². The second kappa shape index (κ2) is 14.1. The Morgan fingerprint density at radius 3 is 2.46 bits per heavy atom. The first-order valence-electron chi connectivity index (χ1n) is 14.6. The molecule has 7 nitrogen and oxygen atoms in total. The highest BCUT2D eigenvalue weighted by atomic mass is 31.2.